The average molecular weight is 374 g/mol. The second-order valence-electron chi connectivity index (χ2n) is 6.57. The molecule has 0 saturated carbocycles. The van der Waals surface area contributed by atoms with Crippen molar-refractivity contribution in [2.75, 3.05) is 0 Å². The Kier molecular flexibility index (Phi) is 5.38. The first kappa shape index (κ1) is 18.5. The molecule has 26 heavy (non-hydrogen) atoms. The van der Waals surface area contributed by atoms with Crippen LogP contribution in [0.1, 0.15) is 48.9 Å². The van der Waals surface area contributed by atoms with E-state index in [4.69, 9.17) is 0 Å². The number of nitrogens with one attached hydrogen (secondary N) is 1. The van der Waals surface area contributed by atoms with Crippen LogP contribution < -0.4 is 4.72 Å². The van der Waals surface area contributed by atoms with Crippen LogP contribution in [0.15, 0.2) is 47.4 Å². The van der Waals surface area contributed by atoms with Gasteiger partial charge in [-0.3, -0.25) is 10.1 Å². The van der Waals surface area contributed by atoms with Gasteiger partial charge in [-0.2, -0.15) is 0 Å². The molecule has 0 fully saturated rings. The summed E-state index contributed by atoms with van der Waals surface area (Å²) >= 11 is 0. The van der Waals surface area contributed by atoms with Gasteiger partial charge in [-0.15, -0.1) is 0 Å². The van der Waals surface area contributed by atoms with Gasteiger partial charge < -0.3 is 0 Å². The number of hydrogen-bond donors (Lipinski definition) is 1. The summed E-state index contributed by atoms with van der Waals surface area (Å²) in [6.45, 7) is 1.92. The number of nitro benzene ring substituents is 1. The number of fused-ring (bicyclic) bond motifs is 1. The lowest BCUT2D eigenvalue weighted by atomic mass is 9.89. The molecule has 1 aliphatic carbocycles. The standard InChI is InChI=1S/C19H22N2O4S/c1-2-19(16-11-10-14-6-3-4-7-15(14)12-16)20-26(24,25)18-9-5-8-17(13-18)21(22)23/h5,8-13,19-20H,2-4,6-7H2,1H3/t19-/m1/s1. The van der Waals surface area contributed by atoms with Crippen LogP contribution in [0.3, 0.4) is 0 Å². The average Bonchev–Trinajstić information content (AvgIpc) is 2.66. The molecule has 2 aromatic rings. The van der Waals surface area contributed by atoms with Gasteiger partial charge in [0.2, 0.25) is 10.0 Å². The maximum Gasteiger partial charge on any atom is 0.270 e. The van der Waals surface area contributed by atoms with Crippen molar-refractivity contribution in [3.63, 3.8) is 0 Å². The molecule has 6 nitrogen and oxygen atoms in total. The minimum atomic E-state index is -3.85. The first-order chi connectivity index (χ1) is 12.4. The summed E-state index contributed by atoms with van der Waals surface area (Å²) in [5, 5.41) is 10.9. The molecule has 0 radical (unpaired) electrons. The van der Waals surface area contributed by atoms with E-state index in [1.165, 1.54) is 35.7 Å². The normalized spacial score (nSPS) is 15.3. The maximum atomic E-state index is 12.7. The summed E-state index contributed by atoms with van der Waals surface area (Å²) in [7, 11) is -3.85. The van der Waals surface area contributed by atoms with Crippen LogP contribution in [0, 0.1) is 10.1 Å². The second kappa shape index (κ2) is 7.55. The Balaban J connectivity index is 1.87. The highest BCUT2D eigenvalue weighted by Gasteiger charge is 2.23. The van der Waals surface area contributed by atoms with Crippen LogP contribution in [-0.4, -0.2) is 13.3 Å². The van der Waals surface area contributed by atoms with Crippen LogP contribution in [0.4, 0.5) is 5.69 Å². The minimum Gasteiger partial charge on any atom is -0.258 e. The molecule has 1 N–H and O–H groups in total. The van der Waals surface area contributed by atoms with Crippen molar-refractivity contribution in [1.82, 2.24) is 4.72 Å². The predicted molar refractivity (Wildman–Crippen MR) is 99.5 cm³/mol. The van der Waals surface area contributed by atoms with Gasteiger partial charge in [-0.05, 0) is 54.9 Å². The maximum absolute atomic E-state index is 12.7. The van der Waals surface area contributed by atoms with Gasteiger partial charge in [-0.1, -0.05) is 31.2 Å². The number of hydrogen-bond acceptors (Lipinski definition) is 4. The Morgan fingerprint density at radius 3 is 2.54 bits per heavy atom. The smallest absolute Gasteiger partial charge is 0.258 e. The number of non-ortho nitro benzene ring substituents is 1. The zero-order chi connectivity index (χ0) is 18.7. The first-order valence-corrected chi connectivity index (χ1v) is 10.3. The number of benzene rings is 2. The zero-order valence-electron chi connectivity index (χ0n) is 14.6. The highest BCUT2D eigenvalue weighted by molar-refractivity contribution is 7.89. The Morgan fingerprint density at radius 1 is 1.12 bits per heavy atom. The number of aryl methyl sites for hydroxylation is 2. The summed E-state index contributed by atoms with van der Waals surface area (Å²) in [6, 6.07) is 10.9. The highest BCUT2D eigenvalue weighted by atomic mass is 32.2. The van der Waals surface area contributed by atoms with Crippen molar-refractivity contribution in [2.45, 2.75) is 50.0 Å². The molecule has 138 valence electrons. The number of sulfonamides is 1. The minimum absolute atomic E-state index is 0.0943. The number of nitro groups is 1. The third-order valence-corrected chi connectivity index (χ3v) is 6.29. The molecule has 0 aliphatic heterocycles. The van der Waals surface area contributed by atoms with Crippen molar-refractivity contribution in [3.05, 3.63) is 69.3 Å². The predicted octanol–water partition coefficient (Wildman–Crippen LogP) is 3.90. The molecule has 1 aliphatic rings. The van der Waals surface area contributed by atoms with E-state index in [1.54, 1.807) is 0 Å². The fourth-order valence-corrected chi connectivity index (χ4v) is 4.72. The van der Waals surface area contributed by atoms with Crippen LogP contribution >= 0.6 is 0 Å². The van der Waals surface area contributed by atoms with Crippen molar-refractivity contribution in [1.29, 1.82) is 0 Å². The molecule has 0 aromatic heterocycles. The largest absolute Gasteiger partial charge is 0.270 e. The van der Waals surface area contributed by atoms with Gasteiger partial charge in [0.1, 0.15) is 0 Å². The van der Waals surface area contributed by atoms with Crippen molar-refractivity contribution in [2.24, 2.45) is 0 Å². The molecule has 0 heterocycles. The van der Waals surface area contributed by atoms with E-state index in [9.17, 15) is 18.5 Å². The Hall–Kier alpha value is -2.25. The molecular formula is C19H22N2O4S. The number of nitrogens with zero attached hydrogens (tertiary/aromatic N) is 1. The van der Waals surface area contributed by atoms with E-state index in [-0.39, 0.29) is 16.6 Å². The topological polar surface area (TPSA) is 89.3 Å². The Labute approximate surface area is 153 Å². The second-order valence-corrected chi connectivity index (χ2v) is 8.29. The van der Waals surface area contributed by atoms with E-state index in [1.807, 2.05) is 13.0 Å². The van der Waals surface area contributed by atoms with Gasteiger partial charge in [0.15, 0.2) is 0 Å². The molecular weight excluding hydrogens is 352 g/mol. The fourth-order valence-electron chi connectivity index (χ4n) is 3.38. The summed E-state index contributed by atoms with van der Waals surface area (Å²) < 4.78 is 28.1. The van der Waals surface area contributed by atoms with Gasteiger partial charge >= 0.3 is 0 Å². The summed E-state index contributed by atoms with van der Waals surface area (Å²) in [5.41, 5.74) is 3.33. The van der Waals surface area contributed by atoms with E-state index in [0.717, 1.165) is 30.9 Å². The fraction of sp³-hybridized carbons (Fsp3) is 0.368. The number of rotatable bonds is 6. The quantitative estimate of drug-likeness (QED) is 0.613. The first-order valence-electron chi connectivity index (χ1n) is 8.79. The van der Waals surface area contributed by atoms with E-state index >= 15 is 0 Å². The highest BCUT2D eigenvalue weighted by Crippen LogP contribution is 2.27. The van der Waals surface area contributed by atoms with Crippen LogP contribution in [0.25, 0.3) is 0 Å². The third kappa shape index (κ3) is 3.94. The molecule has 3 rings (SSSR count). The molecule has 1 atom stereocenters. The molecule has 0 saturated heterocycles. The summed E-state index contributed by atoms with van der Waals surface area (Å²) in [4.78, 5) is 10.2. The zero-order valence-corrected chi connectivity index (χ0v) is 15.5. The van der Waals surface area contributed by atoms with Crippen molar-refractivity contribution in [3.8, 4) is 0 Å². The lowest BCUT2D eigenvalue weighted by Gasteiger charge is -2.21. The van der Waals surface area contributed by atoms with E-state index in [0.29, 0.717) is 6.42 Å². The lowest BCUT2D eigenvalue weighted by Crippen LogP contribution is -2.28. The summed E-state index contributed by atoms with van der Waals surface area (Å²) in [5.74, 6) is 0. The van der Waals surface area contributed by atoms with Crippen molar-refractivity contribution < 1.29 is 13.3 Å². The van der Waals surface area contributed by atoms with E-state index in [2.05, 4.69) is 16.9 Å². The van der Waals surface area contributed by atoms with Crippen molar-refractivity contribution >= 4 is 15.7 Å². The molecule has 0 unspecified atom stereocenters. The Morgan fingerprint density at radius 2 is 1.85 bits per heavy atom. The van der Waals surface area contributed by atoms with Gasteiger partial charge in [0, 0.05) is 18.2 Å². The Bertz CT molecular complexity index is 925. The summed E-state index contributed by atoms with van der Waals surface area (Å²) in [6.07, 6.45) is 5.05. The van der Waals surface area contributed by atoms with Crippen LogP contribution in [-0.2, 0) is 22.9 Å². The molecule has 0 amide bonds. The van der Waals surface area contributed by atoms with E-state index < -0.39 is 14.9 Å². The van der Waals surface area contributed by atoms with Gasteiger partial charge in [0.05, 0.1) is 9.82 Å². The molecule has 2 aromatic carbocycles. The molecule has 0 spiro atoms. The third-order valence-electron chi connectivity index (χ3n) is 4.82. The van der Waals surface area contributed by atoms with Gasteiger partial charge in [0.25, 0.3) is 5.69 Å². The van der Waals surface area contributed by atoms with Gasteiger partial charge in [-0.25, -0.2) is 13.1 Å². The van der Waals surface area contributed by atoms with Crippen LogP contribution in [0.5, 0.6) is 0 Å². The SMILES string of the molecule is CC[C@@H](NS(=O)(=O)c1cccc([N+](=O)[O-])c1)c1ccc2c(c1)CCCC2. The van der Waals surface area contributed by atoms with Crippen LogP contribution in [0.2, 0.25) is 0 Å². The molecule has 7 heteroatoms. The molecule has 0 bridgehead atoms. The monoisotopic (exact) mass is 374 g/mol. The lowest BCUT2D eigenvalue weighted by molar-refractivity contribution is -0.385.